The third-order valence-corrected chi connectivity index (χ3v) is 5.05. The summed E-state index contributed by atoms with van der Waals surface area (Å²) in [5.41, 5.74) is 2.06. The number of carboxylic acids is 1. The number of halogens is 1. The van der Waals surface area contributed by atoms with E-state index in [1.165, 1.54) is 11.3 Å². The maximum atomic E-state index is 11.9. The highest BCUT2D eigenvalue weighted by atomic mass is 79.9. The van der Waals surface area contributed by atoms with E-state index in [1.807, 2.05) is 43.3 Å². The van der Waals surface area contributed by atoms with Gasteiger partial charge in [0.1, 0.15) is 0 Å². The largest absolute Gasteiger partial charge is 0.481 e. The van der Waals surface area contributed by atoms with Crippen LogP contribution in [0.4, 0.5) is 0 Å². The molecule has 2 rings (SSSR count). The van der Waals surface area contributed by atoms with Crippen LogP contribution < -0.4 is 5.32 Å². The van der Waals surface area contributed by atoms with Crippen molar-refractivity contribution < 1.29 is 14.7 Å². The highest BCUT2D eigenvalue weighted by molar-refractivity contribution is 9.11. The molecule has 0 aliphatic heterocycles. The molecule has 4 nitrogen and oxygen atoms in total. The smallest absolute Gasteiger partial charge is 0.308 e. The Bertz CT molecular complexity index is 699. The molecular weight excluding hydrogens is 378 g/mol. The first-order chi connectivity index (χ1) is 10.9. The number of carbonyl (C=O) groups excluding carboxylic acids is 1. The van der Waals surface area contributed by atoms with Gasteiger partial charge in [0, 0.05) is 11.4 Å². The fourth-order valence-corrected chi connectivity index (χ4v) is 3.76. The molecule has 1 aromatic heterocycles. The molecule has 0 aliphatic rings. The van der Waals surface area contributed by atoms with Crippen molar-refractivity contribution >= 4 is 39.1 Å². The molecule has 0 aliphatic carbocycles. The summed E-state index contributed by atoms with van der Waals surface area (Å²) < 4.78 is 0.975. The number of carbonyl (C=O) groups is 2. The van der Waals surface area contributed by atoms with Crippen LogP contribution in [0.5, 0.6) is 0 Å². The molecule has 122 valence electrons. The Labute approximate surface area is 147 Å². The highest BCUT2D eigenvalue weighted by Gasteiger charge is 2.19. The minimum atomic E-state index is -0.898. The third kappa shape index (κ3) is 5.80. The van der Waals surface area contributed by atoms with Crippen LogP contribution in [0.3, 0.4) is 0 Å². The topological polar surface area (TPSA) is 66.4 Å². The highest BCUT2D eigenvalue weighted by Crippen LogP contribution is 2.22. The van der Waals surface area contributed by atoms with Gasteiger partial charge < -0.3 is 10.4 Å². The Morgan fingerprint density at radius 3 is 2.70 bits per heavy atom. The van der Waals surface area contributed by atoms with Gasteiger partial charge in [-0.15, -0.1) is 11.3 Å². The van der Waals surface area contributed by atoms with Gasteiger partial charge in [0.05, 0.1) is 16.1 Å². The number of hydrogen-bond acceptors (Lipinski definition) is 3. The Hall–Kier alpha value is -1.66. The van der Waals surface area contributed by atoms with E-state index in [9.17, 15) is 14.7 Å². The van der Waals surface area contributed by atoms with Crippen LogP contribution in [0, 0.1) is 12.8 Å². The van der Waals surface area contributed by atoms with E-state index in [0.717, 1.165) is 19.8 Å². The van der Waals surface area contributed by atoms with Gasteiger partial charge in [0.25, 0.3) is 0 Å². The lowest BCUT2D eigenvalue weighted by Gasteiger charge is -2.14. The number of nitrogens with one attached hydrogen (secondary N) is 1. The molecule has 1 aromatic carbocycles. The molecule has 23 heavy (non-hydrogen) atoms. The Kier molecular flexibility index (Phi) is 6.36. The van der Waals surface area contributed by atoms with E-state index < -0.39 is 11.9 Å². The maximum Gasteiger partial charge on any atom is 0.308 e. The lowest BCUT2D eigenvalue weighted by molar-refractivity contribution is -0.141. The molecule has 2 aromatic rings. The monoisotopic (exact) mass is 395 g/mol. The standard InChI is InChI=1S/C17H18BrNO3S/c1-11-3-2-4-12(7-11)8-13(17(21)22)10-19-16(20)9-14-5-6-15(18)23-14/h2-7,13H,8-10H2,1H3,(H,19,20)(H,21,22). The van der Waals surface area contributed by atoms with Crippen LogP contribution in [0.25, 0.3) is 0 Å². The first kappa shape index (κ1) is 17.7. The van der Waals surface area contributed by atoms with Crippen molar-refractivity contribution in [2.75, 3.05) is 6.54 Å². The quantitative estimate of drug-likeness (QED) is 0.754. The number of benzene rings is 1. The van der Waals surface area contributed by atoms with Crippen molar-refractivity contribution in [2.45, 2.75) is 19.8 Å². The summed E-state index contributed by atoms with van der Waals surface area (Å²) in [5.74, 6) is -1.68. The fourth-order valence-electron chi connectivity index (χ4n) is 2.27. The normalized spacial score (nSPS) is 11.9. The molecule has 0 saturated carbocycles. The van der Waals surface area contributed by atoms with Crippen LogP contribution in [0.2, 0.25) is 0 Å². The summed E-state index contributed by atoms with van der Waals surface area (Å²) in [7, 11) is 0. The molecule has 0 spiro atoms. The first-order valence-electron chi connectivity index (χ1n) is 7.23. The number of thiophene rings is 1. The van der Waals surface area contributed by atoms with E-state index in [2.05, 4.69) is 21.2 Å². The second kappa shape index (κ2) is 8.26. The van der Waals surface area contributed by atoms with Gasteiger partial charge in [-0.3, -0.25) is 9.59 Å². The SMILES string of the molecule is Cc1cccc(CC(CNC(=O)Cc2ccc(Br)s2)C(=O)O)c1. The maximum absolute atomic E-state index is 11.9. The zero-order valence-electron chi connectivity index (χ0n) is 12.7. The average molecular weight is 396 g/mol. The minimum Gasteiger partial charge on any atom is -0.481 e. The summed E-state index contributed by atoms with van der Waals surface area (Å²) in [6.07, 6.45) is 0.675. The van der Waals surface area contributed by atoms with E-state index in [1.54, 1.807) is 0 Å². The Morgan fingerprint density at radius 1 is 1.30 bits per heavy atom. The molecule has 2 N–H and O–H groups in total. The molecule has 0 saturated heterocycles. The van der Waals surface area contributed by atoms with E-state index in [0.29, 0.717) is 6.42 Å². The Morgan fingerprint density at radius 2 is 2.09 bits per heavy atom. The molecule has 1 atom stereocenters. The summed E-state index contributed by atoms with van der Waals surface area (Å²) in [4.78, 5) is 24.3. The van der Waals surface area contributed by atoms with Crippen molar-refractivity contribution in [2.24, 2.45) is 5.92 Å². The van der Waals surface area contributed by atoms with Crippen molar-refractivity contribution in [3.05, 3.63) is 56.2 Å². The molecule has 1 unspecified atom stereocenters. The van der Waals surface area contributed by atoms with Crippen molar-refractivity contribution in [3.8, 4) is 0 Å². The number of aryl methyl sites for hydroxylation is 1. The molecular formula is C17H18BrNO3S. The van der Waals surface area contributed by atoms with Crippen molar-refractivity contribution in [3.63, 3.8) is 0 Å². The molecule has 0 fully saturated rings. The van der Waals surface area contributed by atoms with E-state index >= 15 is 0 Å². The van der Waals surface area contributed by atoms with Gasteiger partial charge >= 0.3 is 5.97 Å². The summed E-state index contributed by atoms with van der Waals surface area (Å²) in [6, 6.07) is 11.5. The van der Waals surface area contributed by atoms with Crippen LogP contribution >= 0.6 is 27.3 Å². The van der Waals surface area contributed by atoms with Gasteiger partial charge in [-0.1, -0.05) is 29.8 Å². The van der Waals surface area contributed by atoms with Gasteiger partial charge in [-0.25, -0.2) is 0 Å². The fraction of sp³-hybridized carbons (Fsp3) is 0.294. The summed E-state index contributed by atoms with van der Waals surface area (Å²) in [5, 5.41) is 12.1. The van der Waals surface area contributed by atoms with Crippen molar-refractivity contribution in [1.82, 2.24) is 5.32 Å². The zero-order chi connectivity index (χ0) is 16.8. The number of rotatable bonds is 7. The van der Waals surface area contributed by atoms with Crippen LogP contribution in [0.1, 0.15) is 16.0 Å². The first-order valence-corrected chi connectivity index (χ1v) is 8.84. The van der Waals surface area contributed by atoms with Crippen LogP contribution in [-0.4, -0.2) is 23.5 Å². The summed E-state index contributed by atoms with van der Waals surface area (Å²) in [6.45, 7) is 2.11. The zero-order valence-corrected chi connectivity index (χ0v) is 15.1. The lowest BCUT2D eigenvalue weighted by Crippen LogP contribution is -2.34. The molecule has 1 amide bonds. The average Bonchev–Trinajstić information content (AvgIpc) is 2.88. The lowest BCUT2D eigenvalue weighted by atomic mass is 9.98. The second-order valence-corrected chi connectivity index (χ2v) is 7.96. The molecule has 6 heteroatoms. The predicted molar refractivity (Wildman–Crippen MR) is 94.7 cm³/mol. The number of aliphatic carboxylic acids is 1. The number of carboxylic acid groups (broad SMARTS) is 1. The number of amides is 1. The van der Waals surface area contributed by atoms with E-state index in [-0.39, 0.29) is 18.9 Å². The predicted octanol–water partition coefficient (Wildman–Crippen LogP) is 3.42. The van der Waals surface area contributed by atoms with Crippen LogP contribution in [-0.2, 0) is 22.4 Å². The molecule has 0 radical (unpaired) electrons. The second-order valence-electron chi connectivity index (χ2n) is 5.42. The molecule has 0 bridgehead atoms. The molecule has 1 heterocycles. The third-order valence-electron chi connectivity index (χ3n) is 3.42. The minimum absolute atomic E-state index is 0.134. The van der Waals surface area contributed by atoms with E-state index in [4.69, 9.17) is 0 Å². The Balaban J connectivity index is 1.89. The van der Waals surface area contributed by atoms with Crippen LogP contribution in [0.15, 0.2) is 40.2 Å². The van der Waals surface area contributed by atoms with Crippen molar-refractivity contribution in [1.29, 1.82) is 0 Å². The van der Waals surface area contributed by atoms with Gasteiger partial charge in [0.2, 0.25) is 5.91 Å². The van der Waals surface area contributed by atoms with Gasteiger partial charge in [-0.2, -0.15) is 0 Å². The number of hydrogen-bond donors (Lipinski definition) is 2. The van der Waals surface area contributed by atoms with Gasteiger partial charge in [-0.05, 0) is 47.0 Å². The summed E-state index contributed by atoms with van der Waals surface area (Å²) >= 11 is 4.86. The van der Waals surface area contributed by atoms with Gasteiger partial charge in [0.15, 0.2) is 0 Å².